The lowest BCUT2D eigenvalue weighted by atomic mass is 10.2. The van der Waals surface area contributed by atoms with E-state index in [0.29, 0.717) is 23.7 Å². The molecule has 2 aromatic heterocycles. The highest BCUT2D eigenvalue weighted by molar-refractivity contribution is 7.88. The normalized spacial score (nSPS) is 11.6. The minimum atomic E-state index is -4.66. The smallest absolute Gasteiger partial charge is 0.422 e. The average Bonchev–Trinajstić information content (AvgIpc) is 2.88. The third-order valence-electron chi connectivity index (χ3n) is 4.68. The third kappa shape index (κ3) is 9.55. The molecule has 0 atom stereocenters. The molecule has 0 spiro atoms. The third-order valence-corrected chi connectivity index (χ3v) is 5.91. The summed E-state index contributed by atoms with van der Waals surface area (Å²) in [7, 11) is -2.80. The first kappa shape index (κ1) is 29.9. The number of benzene rings is 1. The van der Waals surface area contributed by atoms with Crippen LogP contribution in [-0.2, 0) is 39.0 Å². The summed E-state index contributed by atoms with van der Waals surface area (Å²) in [5, 5.41) is -0.426. The number of nitrogens with one attached hydrogen (secondary N) is 2. The monoisotopic (exact) mass is 590 g/mol. The first-order valence-corrected chi connectivity index (χ1v) is 12.8. The minimum Gasteiger partial charge on any atom is -0.491 e. The lowest BCUT2D eigenvalue weighted by Crippen LogP contribution is -2.40. The zero-order valence-corrected chi connectivity index (χ0v) is 21.8. The number of alkyl halides is 3. The van der Waals surface area contributed by atoms with Gasteiger partial charge in [0.05, 0.1) is 24.4 Å². The average molecular weight is 591 g/mol. The summed E-state index contributed by atoms with van der Waals surface area (Å²) < 4.78 is 88.0. The van der Waals surface area contributed by atoms with E-state index in [9.17, 15) is 26.4 Å². The second-order valence-electron chi connectivity index (χ2n) is 7.55. The van der Waals surface area contributed by atoms with Crippen LogP contribution in [0.4, 0.5) is 18.0 Å². The molecule has 3 rings (SSSR count). The van der Waals surface area contributed by atoms with E-state index in [4.69, 9.17) is 30.5 Å². The lowest BCUT2D eigenvalue weighted by molar-refractivity contribution is -0.137. The topological polar surface area (TPSA) is 138 Å². The molecule has 0 saturated heterocycles. The van der Waals surface area contributed by atoms with Crippen molar-refractivity contribution in [3.63, 3.8) is 0 Å². The van der Waals surface area contributed by atoms with Crippen molar-refractivity contribution in [3.05, 3.63) is 76.7 Å². The van der Waals surface area contributed by atoms with Crippen molar-refractivity contribution >= 4 is 27.9 Å². The molecule has 0 bridgehead atoms. The standard InChI is InChI=1S/C23H22ClF3N4O7S/c1-35-8-9-36-18-6-5-15(20(11-18)38-21-19(24)10-16(12-29-21)23(25,26)27)14-37-22(32)31-39(33,34)30-13-17-4-2-3-7-28-17/h2-7,10-12,30H,8-9,13-14H2,1H3,(H,31,32). The molecule has 2 N–H and O–H groups in total. The van der Waals surface area contributed by atoms with Crippen molar-refractivity contribution in [2.75, 3.05) is 20.3 Å². The summed E-state index contributed by atoms with van der Waals surface area (Å²) in [6, 6.07) is 9.87. The van der Waals surface area contributed by atoms with Gasteiger partial charge in [-0.2, -0.15) is 26.3 Å². The van der Waals surface area contributed by atoms with Crippen molar-refractivity contribution in [2.24, 2.45) is 0 Å². The molecule has 1 aromatic carbocycles. The Morgan fingerprint density at radius 3 is 2.56 bits per heavy atom. The van der Waals surface area contributed by atoms with Gasteiger partial charge in [0.2, 0.25) is 5.88 Å². The molecule has 0 aliphatic carbocycles. The van der Waals surface area contributed by atoms with Crippen molar-refractivity contribution in [2.45, 2.75) is 19.3 Å². The number of carbonyl (C=O) groups excluding carboxylic acids is 1. The molecule has 210 valence electrons. The molecular formula is C23H22ClF3N4O7S. The number of methoxy groups -OCH3 is 1. The van der Waals surface area contributed by atoms with E-state index in [1.807, 2.05) is 0 Å². The Kier molecular flexibility index (Phi) is 10.3. The maximum atomic E-state index is 12.9. The first-order chi connectivity index (χ1) is 18.5. The molecule has 1 amide bonds. The van der Waals surface area contributed by atoms with Gasteiger partial charge in [-0.1, -0.05) is 17.7 Å². The zero-order valence-electron chi connectivity index (χ0n) is 20.2. The highest BCUT2D eigenvalue weighted by Crippen LogP contribution is 2.36. The maximum absolute atomic E-state index is 12.9. The van der Waals surface area contributed by atoms with Crippen LogP contribution in [0, 0.1) is 0 Å². The Labute approximate surface area is 226 Å². The van der Waals surface area contributed by atoms with Crippen LogP contribution in [0.1, 0.15) is 16.8 Å². The van der Waals surface area contributed by atoms with Crippen LogP contribution < -0.4 is 18.9 Å². The van der Waals surface area contributed by atoms with Gasteiger partial charge in [0.25, 0.3) is 0 Å². The number of carbonyl (C=O) groups is 1. The second-order valence-corrected chi connectivity index (χ2v) is 9.45. The number of ether oxygens (including phenoxy) is 4. The van der Waals surface area contributed by atoms with E-state index in [-0.39, 0.29) is 37.0 Å². The van der Waals surface area contributed by atoms with Gasteiger partial charge in [0.15, 0.2) is 0 Å². The van der Waals surface area contributed by atoms with Crippen LogP contribution in [0.3, 0.4) is 0 Å². The molecular weight excluding hydrogens is 569 g/mol. The van der Waals surface area contributed by atoms with Gasteiger partial charge in [-0.25, -0.2) is 14.5 Å². The van der Waals surface area contributed by atoms with Crippen LogP contribution in [0.2, 0.25) is 5.02 Å². The summed E-state index contributed by atoms with van der Waals surface area (Å²) in [4.78, 5) is 19.7. The molecule has 0 aliphatic heterocycles. The van der Waals surface area contributed by atoms with Crippen LogP contribution in [0.15, 0.2) is 54.9 Å². The molecule has 0 saturated carbocycles. The molecule has 39 heavy (non-hydrogen) atoms. The van der Waals surface area contributed by atoms with Gasteiger partial charge in [-0.15, -0.1) is 0 Å². The highest BCUT2D eigenvalue weighted by atomic mass is 35.5. The number of pyridine rings is 2. The molecule has 3 aromatic rings. The molecule has 0 aliphatic rings. The Balaban J connectivity index is 1.71. The van der Waals surface area contributed by atoms with Crippen LogP contribution >= 0.6 is 11.6 Å². The van der Waals surface area contributed by atoms with Gasteiger partial charge >= 0.3 is 22.5 Å². The van der Waals surface area contributed by atoms with Crippen LogP contribution in [0.5, 0.6) is 17.4 Å². The Bertz CT molecular complexity index is 1380. The second kappa shape index (κ2) is 13.4. The van der Waals surface area contributed by atoms with Crippen molar-refractivity contribution < 1.29 is 45.3 Å². The summed E-state index contributed by atoms with van der Waals surface area (Å²) in [5.41, 5.74) is -0.461. The first-order valence-electron chi connectivity index (χ1n) is 11.0. The molecule has 16 heteroatoms. The molecule has 11 nitrogen and oxygen atoms in total. The fourth-order valence-electron chi connectivity index (χ4n) is 2.83. The number of nitrogens with zero attached hydrogens (tertiary/aromatic N) is 2. The summed E-state index contributed by atoms with van der Waals surface area (Å²) in [6.07, 6.45) is -3.94. The Morgan fingerprint density at radius 2 is 1.90 bits per heavy atom. The number of aromatic nitrogens is 2. The van der Waals surface area contributed by atoms with Crippen molar-refractivity contribution in [3.8, 4) is 17.4 Å². The Hall–Kier alpha value is -3.66. The van der Waals surface area contributed by atoms with E-state index in [0.717, 1.165) is 0 Å². The predicted octanol–water partition coefficient (Wildman–Crippen LogP) is 4.23. The number of halogens is 4. The zero-order chi connectivity index (χ0) is 28.5. The summed E-state index contributed by atoms with van der Waals surface area (Å²) in [6.45, 7) is -0.215. The molecule has 0 radical (unpaired) electrons. The minimum absolute atomic E-state index is 0.0250. The van der Waals surface area contributed by atoms with Gasteiger partial charge in [-0.05, 0) is 30.3 Å². The van der Waals surface area contributed by atoms with Crippen molar-refractivity contribution in [1.82, 2.24) is 19.4 Å². The molecule has 2 heterocycles. The number of hydrogen-bond acceptors (Lipinski definition) is 9. The van der Waals surface area contributed by atoms with Gasteiger partial charge in [0, 0.05) is 31.1 Å². The van der Waals surface area contributed by atoms with Crippen molar-refractivity contribution in [1.29, 1.82) is 0 Å². The van der Waals surface area contributed by atoms with E-state index in [2.05, 4.69) is 14.7 Å². The van der Waals surface area contributed by atoms with E-state index >= 15 is 0 Å². The quantitative estimate of drug-likeness (QED) is 0.297. The maximum Gasteiger partial charge on any atom is 0.422 e. The molecule has 0 unspecified atom stereocenters. The van der Waals surface area contributed by atoms with E-state index in [1.165, 1.54) is 31.5 Å². The molecule has 0 fully saturated rings. The fraction of sp³-hybridized carbons (Fsp3) is 0.261. The lowest BCUT2D eigenvalue weighted by Gasteiger charge is -2.15. The number of amides is 1. The SMILES string of the molecule is COCCOc1ccc(COC(=O)NS(=O)(=O)NCc2ccccn2)c(Oc2ncc(C(F)(F)F)cc2Cl)c1. The fourth-order valence-corrected chi connectivity index (χ4v) is 3.72. The van der Waals surface area contributed by atoms with Gasteiger partial charge in [-0.3, -0.25) is 4.98 Å². The van der Waals surface area contributed by atoms with Crippen LogP contribution in [0.25, 0.3) is 0 Å². The number of hydrogen-bond donors (Lipinski definition) is 2. The number of rotatable bonds is 12. The summed E-state index contributed by atoms with van der Waals surface area (Å²) in [5.74, 6) is -0.0895. The van der Waals surface area contributed by atoms with E-state index < -0.39 is 39.7 Å². The largest absolute Gasteiger partial charge is 0.491 e. The van der Waals surface area contributed by atoms with Crippen LogP contribution in [-0.4, -0.2) is 44.8 Å². The van der Waals surface area contributed by atoms with Gasteiger partial charge < -0.3 is 18.9 Å². The summed E-state index contributed by atoms with van der Waals surface area (Å²) >= 11 is 5.95. The van der Waals surface area contributed by atoms with Gasteiger partial charge in [0.1, 0.15) is 29.7 Å². The van der Waals surface area contributed by atoms with E-state index in [1.54, 1.807) is 22.9 Å². The Morgan fingerprint density at radius 1 is 1.10 bits per heavy atom. The predicted molar refractivity (Wildman–Crippen MR) is 131 cm³/mol. The highest BCUT2D eigenvalue weighted by Gasteiger charge is 2.32.